The Kier molecular flexibility index (Phi) is 4.98. The monoisotopic (exact) mass is 525 g/mol. The summed E-state index contributed by atoms with van der Waals surface area (Å²) < 4.78 is 2.91. The Morgan fingerprint density at radius 2 is 1.82 bits per heavy atom. The Bertz CT molecular complexity index is 1730. The van der Waals surface area contributed by atoms with Crippen molar-refractivity contribution in [3.8, 4) is 17.6 Å². The van der Waals surface area contributed by atoms with Crippen LogP contribution in [0.3, 0.4) is 0 Å². The van der Waals surface area contributed by atoms with Crippen molar-refractivity contribution in [1.29, 1.82) is 5.26 Å². The first-order chi connectivity index (χ1) is 18.4. The van der Waals surface area contributed by atoms with Crippen LogP contribution >= 0.6 is 11.6 Å². The van der Waals surface area contributed by atoms with Crippen molar-refractivity contribution < 1.29 is 9.90 Å². The summed E-state index contributed by atoms with van der Waals surface area (Å²) in [6.45, 7) is 0.432. The van der Waals surface area contributed by atoms with Crippen LogP contribution in [0.4, 0.5) is 0 Å². The van der Waals surface area contributed by atoms with Gasteiger partial charge in [-0.05, 0) is 37.0 Å². The number of pyridine rings is 1. The number of imidazole rings is 1. The molecule has 190 valence electrons. The van der Waals surface area contributed by atoms with E-state index in [0.717, 1.165) is 31.2 Å². The summed E-state index contributed by atoms with van der Waals surface area (Å²) in [6.07, 6.45) is 5.54. The minimum atomic E-state index is -0.619. The van der Waals surface area contributed by atoms with Crippen LogP contribution in [0.25, 0.3) is 16.5 Å². The molecule has 3 aliphatic rings. The fraction of sp³-hybridized carbons (Fsp3) is 0.310. The van der Waals surface area contributed by atoms with Crippen LogP contribution in [0.15, 0.2) is 59.5 Å². The lowest BCUT2D eigenvalue weighted by Crippen LogP contribution is -2.47. The van der Waals surface area contributed by atoms with E-state index in [0.29, 0.717) is 40.1 Å². The molecule has 2 aromatic heterocycles. The summed E-state index contributed by atoms with van der Waals surface area (Å²) in [5.41, 5.74) is 1.13. The molecule has 1 saturated heterocycles. The van der Waals surface area contributed by atoms with E-state index in [1.54, 1.807) is 16.7 Å². The Balaban J connectivity index is 1.32. The molecule has 2 fully saturated rings. The smallest absolute Gasteiger partial charge is 0.336 e. The van der Waals surface area contributed by atoms with E-state index in [1.165, 1.54) is 10.8 Å². The number of hydrogen-bond acceptors (Lipinski definition) is 5. The summed E-state index contributed by atoms with van der Waals surface area (Å²) in [4.78, 5) is 34.0. The second-order valence-corrected chi connectivity index (χ2v) is 10.9. The maximum Gasteiger partial charge on any atom is 0.336 e. The highest BCUT2D eigenvalue weighted by Gasteiger charge is 2.54. The van der Waals surface area contributed by atoms with Crippen LogP contribution < -0.4 is 5.69 Å². The molecule has 1 aliphatic carbocycles. The minimum absolute atomic E-state index is 0.0566. The quantitative estimate of drug-likeness (QED) is 0.415. The van der Waals surface area contributed by atoms with Crippen LogP contribution in [-0.4, -0.2) is 36.6 Å². The summed E-state index contributed by atoms with van der Waals surface area (Å²) in [5.74, 6) is -0.121. The fourth-order valence-electron chi connectivity index (χ4n) is 6.98. The van der Waals surface area contributed by atoms with Gasteiger partial charge < -0.3 is 10.0 Å². The molecule has 9 heteroatoms. The normalized spacial score (nSPS) is 21.1. The molecule has 1 amide bonds. The maximum atomic E-state index is 14.2. The van der Waals surface area contributed by atoms with E-state index in [2.05, 4.69) is 11.1 Å². The average Bonchev–Trinajstić information content (AvgIpc) is 3.72. The molecule has 7 rings (SSSR count). The van der Waals surface area contributed by atoms with Gasteiger partial charge in [0.25, 0.3) is 0 Å². The number of fused-ring (bicyclic) bond motifs is 6. The highest BCUT2D eigenvalue weighted by Crippen LogP contribution is 2.52. The van der Waals surface area contributed by atoms with Gasteiger partial charge in [0, 0.05) is 22.3 Å². The number of amides is 1. The van der Waals surface area contributed by atoms with E-state index in [4.69, 9.17) is 11.6 Å². The molecule has 0 radical (unpaired) electrons. The van der Waals surface area contributed by atoms with E-state index in [1.807, 2.05) is 41.3 Å². The summed E-state index contributed by atoms with van der Waals surface area (Å²) in [5, 5.41) is 22.8. The number of aromatic hydroxyl groups is 1. The Hall–Kier alpha value is -4.09. The first-order valence-electron chi connectivity index (χ1n) is 12.9. The van der Waals surface area contributed by atoms with Gasteiger partial charge in [0.05, 0.1) is 29.4 Å². The molecule has 2 atom stereocenters. The number of hydrogen-bond donors (Lipinski definition) is 1. The summed E-state index contributed by atoms with van der Waals surface area (Å²) in [7, 11) is 0. The van der Waals surface area contributed by atoms with Gasteiger partial charge in [-0.25, -0.2) is 14.3 Å². The van der Waals surface area contributed by atoms with E-state index in [9.17, 15) is 20.0 Å². The van der Waals surface area contributed by atoms with Crippen molar-refractivity contribution in [3.05, 3.63) is 87.2 Å². The highest BCUT2D eigenvalue weighted by molar-refractivity contribution is 6.30. The van der Waals surface area contributed by atoms with Gasteiger partial charge in [0.1, 0.15) is 17.5 Å². The van der Waals surface area contributed by atoms with Crippen LogP contribution in [-0.2, 0) is 10.2 Å². The SMILES string of the molecule is N#Cc1ncc(-n2c(O)c3n(c2=O)[C@H]2C[C@@H]3N(C(=O)C3(c4ccc(Cl)cc4)CCCC3)C2)c2ccccc12. The number of nitrogens with zero attached hydrogens (tertiary/aromatic N) is 5. The zero-order valence-electron chi connectivity index (χ0n) is 20.5. The van der Waals surface area contributed by atoms with E-state index < -0.39 is 5.41 Å². The first-order valence-corrected chi connectivity index (χ1v) is 13.2. The maximum absolute atomic E-state index is 14.2. The van der Waals surface area contributed by atoms with Crippen LogP contribution in [0.1, 0.15) is 61.1 Å². The average molecular weight is 526 g/mol. The van der Waals surface area contributed by atoms with Crippen molar-refractivity contribution in [2.75, 3.05) is 6.54 Å². The van der Waals surface area contributed by atoms with Gasteiger partial charge in [-0.1, -0.05) is 60.8 Å². The molecule has 2 aromatic carbocycles. The van der Waals surface area contributed by atoms with Gasteiger partial charge >= 0.3 is 5.69 Å². The topological polar surface area (TPSA) is 104 Å². The van der Waals surface area contributed by atoms with Gasteiger partial charge in [-0.2, -0.15) is 5.26 Å². The van der Waals surface area contributed by atoms with Gasteiger partial charge in [-0.3, -0.25) is 9.36 Å². The third kappa shape index (κ3) is 2.99. The molecule has 0 unspecified atom stereocenters. The molecule has 38 heavy (non-hydrogen) atoms. The lowest BCUT2D eigenvalue weighted by molar-refractivity contribution is -0.139. The van der Waals surface area contributed by atoms with Crippen LogP contribution in [0.5, 0.6) is 5.88 Å². The molecule has 2 bridgehead atoms. The lowest BCUT2D eigenvalue weighted by atomic mass is 9.77. The third-order valence-corrected chi connectivity index (χ3v) is 8.95. The van der Waals surface area contributed by atoms with Gasteiger partial charge in [0.15, 0.2) is 0 Å². The van der Waals surface area contributed by atoms with Crippen molar-refractivity contribution in [2.24, 2.45) is 0 Å². The lowest BCUT2D eigenvalue weighted by Gasteiger charge is -2.37. The van der Waals surface area contributed by atoms with Crippen molar-refractivity contribution in [1.82, 2.24) is 19.0 Å². The van der Waals surface area contributed by atoms with E-state index in [-0.39, 0.29) is 35.3 Å². The number of carbonyl (C=O) groups is 1. The Morgan fingerprint density at radius 1 is 1.11 bits per heavy atom. The van der Waals surface area contributed by atoms with Gasteiger partial charge in [0.2, 0.25) is 11.8 Å². The number of nitriles is 1. The number of aromatic nitrogens is 3. The molecule has 1 saturated carbocycles. The second-order valence-electron chi connectivity index (χ2n) is 10.5. The molecular formula is C29H24ClN5O3. The minimum Gasteiger partial charge on any atom is -0.493 e. The third-order valence-electron chi connectivity index (χ3n) is 8.70. The van der Waals surface area contributed by atoms with Gasteiger partial charge in [-0.15, -0.1) is 0 Å². The Labute approximate surface area is 223 Å². The highest BCUT2D eigenvalue weighted by atomic mass is 35.5. The zero-order valence-corrected chi connectivity index (χ0v) is 21.2. The molecule has 1 N–H and O–H groups in total. The number of likely N-dealkylation sites (tertiary alicyclic amines) is 1. The Morgan fingerprint density at radius 3 is 2.53 bits per heavy atom. The molecule has 4 aromatic rings. The second kappa shape index (κ2) is 8.20. The molecule has 4 heterocycles. The molecular weight excluding hydrogens is 502 g/mol. The predicted octanol–water partition coefficient (Wildman–Crippen LogP) is 4.76. The van der Waals surface area contributed by atoms with Crippen LogP contribution in [0, 0.1) is 11.3 Å². The van der Waals surface area contributed by atoms with Crippen molar-refractivity contribution >= 4 is 28.3 Å². The zero-order chi connectivity index (χ0) is 26.2. The number of halogens is 1. The van der Waals surface area contributed by atoms with Crippen molar-refractivity contribution in [3.63, 3.8) is 0 Å². The van der Waals surface area contributed by atoms with Crippen LogP contribution in [0.2, 0.25) is 5.02 Å². The summed E-state index contributed by atoms with van der Waals surface area (Å²) >= 11 is 6.14. The largest absolute Gasteiger partial charge is 0.493 e. The molecule has 8 nitrogen and oxygen atoms in total. The molecule has 2 aliphatic heterocycles. The molecule has 0 spiro atoms. The number of rotatable bonds is 3. The summed E-state index contributed by atoms with van der Waals surface area (Å²) in [6, 6.07) is 16.3. The number of carbonyl (C=O) groups excluding carboxylic acids is 1. The van der Waals surface area contributed by atoms with Crippen molar-refractivity contribution in [2.45, 2.75) is 49.6 Å². The number of benzene rings is 2. The van der Waals surface area contributed by atoms with E-state index >= 15 is 0 Å². The standard InChI is InChI=1S/C29H24ClN5O3/c30-18-9-7-17(8-10-18)29(11-3-4-12-29)27(37)33-16-19-13-23(33)25-26(36)35(28(38)34(19)25)24-15-32-22(14-31)20-5-1-2-6-21(20)24/h1-2,5-10,15,19,23,36H,3-4,11-13,16H2/t19-,23-/m0/s1. The fourth-order valence-corrected chi connectivity index (χ4v) is 7.11. The predicted molar refractivity (Wildman–Crippen MR) is 141 cm³/mol. The first kappa shape index (κ1) is 23.1.